The normalized spacial score (nSPS) is 11.0. The Morgan fingerprint density at radius 1 is 1.10 bits per heavy atom. The van der Waals surface area contributed by atoms with Gasteiger partial charge in [0.1, 0.15) is 0 Å². The first-order chi connectivity index (χ1) is 10.3. The largest absolute Gasteiger partial charge is 0.459 e. The Labute approximate surface area is 119 Å². The number of nitrogens with zero attached hydrogens (tertiary/aromatic N) is 1. The van der Waals surface area contributed by atoms with E-state index >= 15 is 0 Å². The molecule has 1 amide bonds. The minimum absolute atomic E-state index is 0.255. The molecule has 4 rings (SSSR count). The highest BCUT2D eigenvalue weighted by Gasteiger charge is 2.13. The zero-order chi connectivity index (χ0) is 14.2. The fraction of sp³-hybridized carbons (Fsp3) is 0. The van der Waals surface area contributed by atoms with Crippen molar-refractivity contribution in [1.82, 2.24) is 9.97 Å². The van der Waals surface area contributed by atoms with Crippen molar-refractivity contribution in [3.63, 3.8) is 0 Å². The molecule has 0 saturated heterocycles. The van der Waals surface area contributed by atoms with Gasteiger partial charge in [0.25, 0.3) is 5.91 Å². The second-order valence-electron chi connectivity index (χ2n) is 4.68. The van der Waals surface area contributed by atoms with E-state index in [0.717, 1.165) is 21.8 Å². The van der Waals surface area contributed by atoms with Gasteiger partial charge in [0.05, 0.1) is 11.8 Å². The summed E-state index contributed by atoms with van der Waals surface area (Å²) in [5.41, 5.74) is 1.81. The fourth-order valence-corrected chi connectivity index (χ4v) is 2.45. The third-order valence-corrected chi connectivity index (χ3v) is 3.40. The number of hydrogen-bond donors (Lipinski definition) is 2. The molecule has 5 nitrogen and oxygen atoms in total. The van der Waals surface area contributed by atoms with Crippen LogP contribution in [0.2, 0.25) is 0 Å². The molecule has 0 fully saturated rings. The van der Waals surface area contributed by atoms with Crippen molar-refractivity contribution >= 4 is 33.5 Å². The van der Waals surface area contributed by atoms with E-state index in [-0.39, 0.29) is 11.7 Å². The van der Waals surface area contributed by atoms with Gasteiger partial charge in [0.15, 0.2) is 11.6 Å². The molecule has 0 bridgehead atoms. The Hall–Kier alpha value is -3.08. The topological polar surface area (TPSA) is 70.9 Å². The number of rotatable bonds is 2. The lowest BCUT2D eigenvalue weighted by molar-refractivity contribution is 0.0996. The molecule has 0 unspecified atom stereocenters. The molecule has 3 heterocycles. The monoisotopic (exact) mass is 277 g/mol. The first-order valence-corrected chi connectivity index (χ1v) is 6.53. The van der Waals surface area contributed by atoms with E-state index in [4.69, 9.17) is 4.42 Å². The Morgan fingerprint density at radius 2 is 2.00 bits per heavy atom. The van der Waals surface area contributed by atoms with E-state index in [1.165, 1.54) is 6.26 Å². The van der Waals surface area contributed by atoms with E-state index in [0.29, 0.717) is 5.82 Å². The van der Waals surface area contributed by atoms with E-state index in [1.807, 2.05) is 30.3 Å². The number of hydrogen-bond acceptors (Lipinski definition) is 3. The van der Waals surface area contributed by atoms with Crippen molar-refractivity contribution < 1.29 is 9.21 Å². The summed E-state index contributed by atoms with van der Waals surface area (Å²) in [6.45, 7) is 0. The lowest BCUT2D eigenvalue weighted by Gasteiger charge is -2.03. The smallest absolute Gasteiger partial charge is 0.292 e. The molecular weight excluding hydrogens is 266 g/mol. The average Bonchev–Trinajstić information content (AvgIpc) is 3.15. The summed E-state index contributed by atoms with van der Waals surface area (Å²) >= 11 is 0. The number of anilines is 1. The van der Waals surface area contributed by atoms with Gasteiger partial charge in [-0.05, 0) is 24.3 Å². The number of aromatic nitrogens is 2. The van der Waals surface area contributed by atoms with Gasteiger partial charge in [-0.3, -0.25) is 4.79 Å². The molecule has 0 aliphatic rings. The van der Waals surface area contributed by atoms with Crippen LogP contribution in [0.4, 0.5) is 5.82 Å². The van der Waals surface area contributed by atoms with Crippen LogP contribution in [0.15, 0.2) is 59.3 Å². The van der Waals surface area contributed by atoms with Crippen LogP contribution in [0.3, 0.4) is 0 Å². The number of H-pyrrole nitrogens is 1. The van der Waals surface area contributed by atoms with Crippen LogP contribution < -0.4 is 5.32 Å². The minimum Gasteiger partial charge on any atom is -0.459 e. The minimum atomic E-state index is -0.321. The van der Waals surface area contributed by atoms with Crippen molar-refractivity contribution in [2.75, 3.05) is 5.32 Å². The first-order valence-electron chi connectivity index (χ1n) is 6.53. The number of pyridine rings is 1. The predicted molar refractivity (Wildman–Crippen MR) is 80.3 cm³/mol. The highest BCUT2D eigenvalue weighted by molar-refractivity contribution is 6.13. The Morgan fingerprint density at radius 3 is 2.86 bits per heavy atom. The number of furan rings is 1. The average molecular weight is 277 g/mol. The molecule has 5 heteroatoms. The van der Waals surface area contributed by atoms with Gasteiger partial charge in [-0.1, -0.05) is 18.2 Å². The third kappa shape index (κ3) is 1.87. The zero-order valence-electron chi connectivity index (χ0n) is 11.0. The number of para-hydroxylation sites is 1. The Kier molecular flexibility index (Phi) is 2.50. The number of nitrogens with one attached hydrogen (secondary N) is 2. The predicted octanol–water partition coefficient (Wildman–Crippen LogP) is 3.56. The van der Waals surface area contributed by atoms with Crippen LogP contribution in [0.1, 0.15) is 10.6 Å². The maximum Gasteiger partial charge on any atom is 0.292 e. The van der Waals surface area contributed by atoms with E-state index in [9.17, 15) is 4.79 Å². The van der Waals surface area contributed by atoms with Crippen LogP contribution in [0.25, 0.3) is 21.8 Å². The summed E-state index contributed by atoms with van der Waals surface area (Å²) in [5, 5.41) is 4.90. The summed E-state index contributed by atoms with van der Waals surface area (Å²) < 4.78 is 5.09. The Balaban J connectivity index is 1.84. The molecular formula is C16H11N3O2. The molecule has 0 radical (unpaired) electrons. The molecule has 3 aromatic heterocycles. The van der Waals surface area contributed by atoms with Crippen molar-refractivity contribution in [3.05, 3.63) is 60.7 Å². The third-order valence-electron chi connectivity index (χ3n) is 3.40. The van der Waals surface area contributed by atoms with E-state index < -0.39 is 0 Å². The molecule has 1 aromatic carbocycles. The molecule has 4 aromatic rings. The lowest BCUT2D eigenvalue weighted by Crippen LogP contribution is -2.12. The maximum absolute atomic E-state index is 12.1. The van der Waals surface area contributed by atoms with Crippen molar-refractivity contribution in [1.29, 1.82) is 0 Å². The number of fused-ring (bicyclic) bond motifs is 3. The summed E-state index contributed by atoms with van der Waals surface area (Å²) in [6, 6.07) is 13.2. The van der Waals surface area contributed by atoms with Gasteiger partial charge in [-0.15, -0.1) is 0 Å². The van der Waals surface area contributed by atoms with Crippen molar-refractivity contribution in [2.45, 2.75) is 0 Å². The van der Waals surface area contributed by atoms with Crippen LogP contribution in [-0.2, 0) is 0 Å². The number of benzene rings is 1. The summed E-state index contributed by atoms with van der Waals surface area (Å²) in [6.07, 6.45) is 3.15. The van der Waals surface area contributed by atoms with Gasteiger partial charge in [0, 0.05) is 22.5 Å². The second kappa shape index (κ2) is 4.49. The molecule has 102 valence electrons. The molecule has 0 aliphatic carbocycles. The van der Waals surface area contributed by atoms with Gasteiger partial charge in [-0.2, -0.15) is 0 Å². The van der Waals surface area contributed by atoms with Gasteiger partial charge >= 0.3 is 0 Å². The summed E-state index contributed by atoms with van der Waals surface area (Å²) in [7, 11) is 0. The highest BCUT2D eigenvalue weighted by Crippen LogP contribution is 2.28. The molecule has 0 aliphatic heterocycles. The zero-order valence-corrected chi connectivity index (χ0v) is 11.0. The quantitative estimate of drug-likeness (QED) is 0.588. The molecule has 2 N–H and O–H groups in total. The molecule has 21 heavy (non-hydrogen) atoms. The number of amides is 1. The summed E-state index contributed by atoms with van der Waals surface area (Å²) in [4.78, 5) is 19.6. The van der Waals surface area contributed by atoms with Crippen LogP contribution in [-0.4, -0.2) is 15.9 Å². The summed E-state index contributed by atoms with van der Waals surface area (Å²) in [5.74, 6) is 0.425. The van der Waals surface area contributed by atoms with Crippen LogP contribution in [0.5, 0.6) is 0 Å². The highest BCUT2D eigenvalue weighted by atomic mass is 16.3. The lowest BCUT2D eigenvalue weighted by atomic mass is 10.2. The van der Waals surface area contributed by atoms with Crippen LogP contribution in [0, 0.1) is 0 Å². The van der Waals surface area contributed by atoms with Gasteiger partial charge < -0.3 is 14.7 Å². The Bertz CT molecular complexity index is 939. The van der Waals surface area contributed by atoms with Gasteiger partial charge in [0.2, 0.25) is 0 Å². The molecule has 0 saturated carbocycles. The van der Waals surface area contributed by atoms with E-state index in [1.54, 1.807) is 18.3 Å². The number of aromatic amines is 1. The maximum atomic E-state index is 12.1. The fourth-order valence-electron chi connectivity index (χ4n) is 2.45. The molecule has 0 atom stereocenters. The number of carbonyl (C=O) groups is 1. The van der Waals surface area contributed by atoms with Crippen molar-refractivity contribution in [3.8, 4) is 0 Å². The molecule has 0 spiro atoms. The number of carbonyl (C=O) groups excluding carboxylic acids is 1. The second-order valence-corrected chi connectivity index (χ2v) is 4.68. The van der Waals surface area contributed by atoms with E-state index in [2.05, 4.69) is 15.3 Å². The SMILES string of the molecule is O=C(Nc1nccc2c1[nH]c1ccccc12)c1ccco1. The van der Waals surface area contributed by atoms with Crippen molar-refractivity contribution in [2.24, 2.45) is 0 Å². The first kappa shape index (κ1) is 11.7. The van der Waals surface area contributed by atoms with Gasteiger partial charge in [-0.25, -0.2) is 4.98 Å². The van der Waals surface area contributed by atoms with Crippen LogP contribution >= 0.6 is 0 Å². The standard InChI is InChI=1S/C16H11N3O2/c20-16(13-6-3-9-21-13)19-15-14-11(7-8-17-15)10-4-1-2-5-12(10)18-14/h1-9,18H,(H,17,19,20).